The van der Waals surface area contributed by atoms with E-state index in [-0.39, 0.29) is 0 Å². The van der Waals surface area contributed by atoms with Gasteiger partial charge in [-0.25, -0.2) is 0 Å². The van der Waals surface area contributed by atoms with Gasteiger partial charge in [0.1, 0.15) is 5.75 Å². The molecule has 1 unspecified atom stereocenters. The van der Waals surface area contributed by atoms with Crippen molar-refractivity contribution in [3.8, 4) is 5.75 Å². The molecule has 0 heterocycles. The van der Waals surface area contributed by atoms with E-state index in [1.165, 1.54) is 56.9 Å². The number of rotatable bonds is 5. The molecule has 2 aliphatic carbocycles. The molecule has 0 bridgehead atoms. The van der Waals surface area contributed by atoms with E-state index in [1.807, 2.05) is 0 Å². The number of fused-ring (bicyclic) bond motifs is 1. The van der Waals surface area contributed by atoms with Crippen LogP contribution >= 0.6 is 0 Å². The fraction of sp³-hybridized carbons (Fsp3) is 0.619. The summed E-state index contributed by atoms with van der Waals surface area (Å²) in [4.78, 5) is 0. The maximum absolute atomic E-state index is 5.28. The number of allylic oxidation sites excluding steroid dienone is 1. The molecule has 1 nitrogen and oxygen atoms in total. The van der Waals surface area contributed by atoms with Gasteiger partial charge in [0.2, 0.25) is 0 Å². The molecule has 0 aromatic heterocycles. The van der Waals surface area contributed by atoms with Crippen molar-refractivity contribution >= 4 is 0 Å². The lowest BCUT2D eigenvalue weighted by molar-refractivity contribution is 0.115. The molecule has 1 heteroatoms. The van der Waals surface area contributed by atoms with Gasteiger partial charge in [-0.05, 0) is 86.3 Å². The van der Waals surface area contributed by atoms with E-state index in [0.717, 1.165) is 29.4 Å². The first-order valence-electron chi connectivity index (χ1n) is 9.05. The summed E-state index contributed by atoms with van der Waals surface area (Å²) in [5.74, 6) is 4.69. The average Bonchev–Trinajstić information content (AvgIpc) is 2.59. The number of ether oxygens (including phenoxy) is 1. The third kappa shape index (κ3) is 3.56. The molecule has 0 N–H and O–H groups in total. The number of hydrogen-bond acceptors (Lipinski definition) is 1. The minimum atomic E-state index is 0.775. The van der Waals surface area contributed by atoms with Crippen molar-refractivity contribution < 1.29 is 4.74 Å². The van der Waals surface area contributed by atoms with E-state index >= 15 is 0 Å². The van der Waals surface area contributed by atoms with Gasteiger partial charge in [-0.15, -0.1) is 6.58 Å². The molecule has 3 rings (SSSR count). The lowest BCUT2D eigenvalue weighted by Crippen LogP contribution is -2.30. The molecular weight excluding hydrogens is 268 g/mol. The smallest absolute Gasteiger partial charge is 0.118 e. The molecule has 0 spiro atoms. The van der Waals surface area contributed by atoms with Gasteiger partial charge >= 0.3 is 0 Å². The number of hydrogen-bond donors (Lipinski definition) is 0. The van der Waals surface area contributed by atoms with Gasteiger partial charge in [-0.3, -0.25) is 0 Å². The van der Waals surface area contributed by atoms with Crippen LogP contribution in [0.2, 0.25) is 0 Å². The van der Waals surface area contributed by atoms with Crippen LogP contribution in [0.1, 0.15) is 62.8 Å². The van der Waals surface area contributed by atoms with Crippen molar-refractivity contribution in [2.24, 2.45) is 17.8 Å². The molecule has 0 aliphatic heterocycles. The fourth-order valence-electron chi connectivity index (χ4n) is 4.78. The zero-order valence-electron chi connectivity index (χ0n) is 14.0. The quantitative estimate of drug-likeness (QED) is 0.609. The van der Waals surface area contributed by atoms with Crippen LogP contribution in [-0.4, -0.2) is 7.11 Å². The lowest BCUT2D eigenvalue weighted by Gasteiger charge is -2.42. The molecule has 1 aromatic carbocycles. The van der Waals surface area contributed by atoms with E-state index < -0.39 is 0 Å². The van der Waals surface area contributed by atoms with Gasteiger partial charge in [0.25, 0.3) is 0 Å². The summed E-state index contributed by atoms with van der Waals surface area (Å²) in [6, 6.07) is 8.79. The Balaban J connectivity index is 1.57. The van der Waals surface area contributed by atoms with Gasteiger partial charge in [0.05, 0.1) is 7.11 Å². The Morgan fingerprint density at radius 1 is 1.05 bits per heavy atom. The SMILES string of the molecule is C=CCC[C@@H]1CC[C@@H]2CC(c3ccc(OC)cc3)CC[C@@H]2C1. The predicted octanol–water partition coefficient (Wildman–Crippen LogP) is 5.96. The topological polar surface area (TPSA) is 9.23 Å². The molecule has 2 saturated carbocycles. The largest absolute Gasteiger partial charge is 0.497 e. The van der Waals surface area contributed by atoms with Crippen LogP contribution in [0.15, 0.2) is 36.9 Å². The van der Waals surface area contributed by atoms with E-state index in [4.69, 9.17) is 4.74 Å². The van der Waals surface area contributed by atoms with Crippen molar-refractivity contribution in [3.63, 3.8) is 0 Å². The molecule has 0 saturated heterocycles. The Hall–Kier alpha value is -1.24. The first-order valence-corrected chi connectivity index (χ1v) is 9.05. The van der Waals surface area contributed by atoms with Crippen LogP contribution in [0.25, 0.3) is 0 Å². The second-order valence-electron chi connectivity index (χ2n) is 7.35. The van der Waals surface area contributed by atoms with Crippen molar-refractivity contribution in [1.82, 2.24) is 0 Å². The Morgan fingerprint density at radius 2 is 1.77 bits per heavy atom. The highest BCUT2D eigenvalue weighted by Gasteiger charge is 2.35. The highest BCUT2D eigenvalue weighted by atomic mass is 16.5. The Kier molecular flexibility index (Phi) is 5.23. The van der Waals surface area contributed by atoms with E-state index in [1.54, 1.807) is 7.11 Å². The normalized spacial score (nSPS) is 31.3. The molecule has 2 fully saturated rings. The molecule has 120 valence electrons. The Morgan fingerprint density at radius 3 is 2.50 bits per heavy atom. The third-order valence-electron chi connectivity index (χ3n) is 6.09. The van der Waals surface area contributed by atoms with Crippen molar-refractivity contribution in [1.29, 1.82) is 0 Å². The minimum absolute atomic E-state index is 0.775. The summed E-state index contributed by atoms with van der Waals surface area (Å²) < 4.78 is 5.28. The van der Waals surface area contributed by atoms with Crippen molar-refractivity contribution in [3.05, 3.63) is 42.5 Å². The van der Waals surface area contributed by atoms with Gasteiger partial charge in [0.15, 0.2) is 0 Å². The highest BCUT2D eigenvalue weighted by Crippen LogP contribution is 2.48. The lowest BCUT2D eigenvalue weighted by atomic mass is 9.63. The van der Waals surface area contributed by atoms with Crippen LogP contribution < -0.4 is 4.74 Å². The first-order chi connectivity index (χ1) is 10.8. The summed E-state index contributed by atoms with van der Waals surface area (Å²) in [5.41, 5.74) is 1.52. The van der Waals surface area contributed by atoms with E-state index in [9.17, 15) is 0 Å². The Labute approximate surface area is 135 Å². The zero-order chi connectivity index (χ0) is 15.4. The predicted molar refractivity (Wildman–Crippen MR) is 93.3 cm³/mol. The summed E-state index contributed by atoms with van der Waals surface area (Å²) in [7, 11) is 1.74. The summed E-state index contributed by atoms with van der Waals surface area (Å²) >= 11 is 0. The molecular formula is C21H30O. The molecule has 2 aliphatic rings. The maximum atomic E-state index is 5.28. The number of methoxy groups -OCH3 is 1. The van der Waals surface area contributed by atoms with Crippen molar-refractivity contribution in [2.45, 2.75) is 57.3 Å². The van der Waals surface area contributed by atoms with Gasteiger partial charge < -0.3 is 4.74 Å². The fourth-order valence-corrected chi connectivity index (χ4v) is 4.78. The minimum Gasteiger partial charge on any atom is -0.497 e. The second-order valence-corrected chi connectivity index (χ2v) is 7.35. The first kappa shape index (κ1) is 15.6. The second kappa shape index (κ2) is 7.35. The van der Waals surface area contributed by atoms with Crippen LogP contribution in [-0.2, 0) is 0 Å². The van der Waals surface area contributed by atoms with Crippen LogP contribution in [0.5, 0.6) is 5.75 Å². The maximum Gasteiger partial charge on any atom is 0.118 e. The van der Waals surface area contributed by atoms with Crippen LogP contribution in [0.3, 0.4) is 0 Å². The van der Waals surface area contributed by atoms with E-state index in [0.29, 0.717) is 0 Å². The molecule has 4 atom stereocenters. The van der Waals surface area contributed by atoms with Crippen LogP contribution in [0, 0.1) is 17.8 Å². The van der Waals surface area contributed by atoms with Gasteiger partial charge in [-0.1, -0.05) is 24.6 Å². The van der Waals surface area contributed by atoms with Crippen molar-refractivity contribution in [2.75, 3.05) is 7.11 Å². The third-order valence-corrected chi connectivity index (χ3v) is 6.09. The molecule has 1 aromatic rings. The van der Waals surface area contributed by atoms with Crippen LogP contribution in [0.4, 0.5) is 0 Å². The standard InChI is InChI=1S/C21H30O/c1-3-4-5-16-6-7-20-15-19(9-8-18(20)14-16)17-10-12-21(22-2)13-11-17/h3,10-13,16,18-20H,1,4-9,14-15H2,2H3/t16-,18-,19?,20-/m1/s1. The summed E-state index contributed by atoms with van der Waals surface area (Å²) in [6.07, 6.45) is 13.3. The van der Waals surface area contributed by atoms with Gasteiger partial charge in [-0.2, -0.15) is 0 Å². The monoisotopic (exact) mass is 298 g/mol. The van der Waals surface area contributed by atoms with E-state index in [2.05, 4.69) is 36.9 Å². The highest BCUT2D eigenvalue weighted by molar-refractivity contribution is 5.29. The molecule has 0 radical (unpaired) electrons. The zero-order valence-corrected chi connectivity index (χ0v) is 14.0. The number of benzene rings is 1. The summed E-state index contributed by atoms with van der Waals surface area (Å²) in [6.45, 7) is 3.87. The Bertz CT molecular complexity index is 475. The summed E-state index contributed by atoms with van der Waals surface area (Å²) in [5, 5.41) is 0. The van der Waals surface area contributed by atoms with Gasteiger partial charge in [0, 0.05) is 0 Å². The average molecular weight is 298 g/mol. The molecule has 0 amide bonds. The molecule has 22 heavy (non-hydrogen) atoms.